The Kier molecular flexibility index (Phi) is 6.21. The van der Waals surface area contributed by atoms with E-state index in [1.54, 1.807) is 28.9 Å². The highest BCUT2D eigenvalue weighted by molar-refractivity contribution is 5.95. The molecule has 0 unspecified atom stereocenters. The Balaban J connectivity index is 1.74. The number of nitrogens with one attached hydrogen (secondary N) is 1. The minimum absolute atomic E-state index is 0.00548. The maximum absolute atomic E-state index is 13.2. The van der Waals surface area contributed by atoms with Crippen LogP contribution in [0, 0.1) is 5.82 Å². The molecule has 2 aromatic carbocycles. The number of hydrogen-bond donors (Lipinski definition) is 1. The number of nitrogens with zero attached hydrogens (tertiary/aromatic N) is 2. The second-order valence-corrected chi connectivity index (χ2v) is 6.69. The Morgan fingerprint density at radius 3 is 2.34 bits per heavy atom. The Morgan fingerprint density at radius 1 is 1.10 bits per heavy atom. The molecule has 0 radical (unpaired) electrons. The monoisotopic (exact) mass is 403 g/mol. The highest BCUT2D eigenvalue weighted by Gasteiger charge is 2.20. The molecule has 0 fully saturated rings. The zero-order valence-corrected chi connectivity index (χ0v) is 15.9. The van der Waals surface area contributed by atoms with Crippen LogP contribution in [0.2, 0.25) is 0 Å². The van der Waals surface area contributed by atoms with Gasteiger partial charge >= 0.3 is 6.61 Å². The van der Waals surface area contributed by atoms with E-state index in [4.69, 9.17) is 0 Å². The number of carbonyl (C=O) groups is 1. The van der Waals surface area contributed by atoms with E-state index in [-0.39, 0.29) is 29.9 Å². The van der Waals surface area contributed by atoms with Crippen molar-refractivity contribution >= 4 is 5.91 Å². The first-order chi connectivity index (χ1) is 13.8. The largest absolute Gasteiger partial charge is 0.435 e. The van der Waals surface area contributed by atoms with E-state index in [2.05, 4.69) is 15.2 Å². The van der Waals surface area contributed by atoms with Crippen molar-refractivity contribution in [2.75, 3.05) is 0 Å². The van der Waals surface area contributed by atoms with Crippen LogP contribution in [0.25, 0.3) is 5.69 Å². The van der Waals surface area contributed by atoms with Crippen LogP contribution in [0.5, 0.6) is 5.75 Å². The van der Waals surface area contributed by atoms with E-state index in [9.17, 15) is 18.0 Å². The number of amides is 1. The van der Waals surface area contributed by atoms with E-state index in [1.807, 2.05) is 13.8 Å². The lowest BCUT2D eigenvalue weighted by Gasteiger charge is -2.13. The minimum atomic E-state index is -2.88. The molecule has 0 saturated carbocycles. The fourth-order valence-corrected chi connectivity index (χ4v) is 2.94. The van der Waals surface area contributed by atoms with Gasteiger partial charge in [-0.2, -0.15) is 13.9 Å². The van der Waals surface area contributed by atoms with E-state index in [1.165, 1.54) is 30.5 Å². The SMILES string of the molecule is CC(C)c1c(C(=O)NCc2ccc(OC(F)F)cc2)cnn1-c1ccc(F)cc1. The molecule has 1 N–H and O–H groups in total. The molecular formula is C21H20F3N3O2. The van der Waals surface area contributed by atoms with Crippen LogP contribution in [0.1, 0.15) is 41.4 Å². The molecular weight excluding hydrogens is 383 g/mol. The zero-order valence-electron chi connectivity index (χ0n) is 15.9. The number of hydrogen-bond acceptors (Lipinski definition) is 3. The summed E-state index contributed by atoms with van der Waals surface area (Å²) in [5, 5.41) is 7.10. The van der Waals surface area contributed by atoms with Crippen LogP contribution in [-0.2, 0) is 6.54 Å². The van der Waals surface area contributed by atoms with Gasteiger partial charge in [-0.1, -0.05) is 26.0 Å². The van der Waals surface area contributed by atoms with Crippen molar-refractivity contribution in [1.29, 1.82) is 0 Å². The number of carbonyl (C=O) groups excluding carboxylic acids is 1. The Labute approximate surface area is 166 Å². The number of benzene rings is 2. The molecule has 0 saturated heterocycles. The predicted molar refractivity (Wildman–Crippen MR) is 102 cm³/mol. The molecule has 0 atom stereocenters. The van der Waals surface area contributed by atoms with Gasteiger partial charge in [0.1, 0.15) is 11.6 Å². The van der Waals surface area contributed by atoms with Crippen LogP contribution in [0.3, 0.4) is 0 Å². The molecule has 29 heavy (non-hydrogen) atoms. The average Bonchev–Trinajstić information content (AvgIpc) is 3.13. The van der Waals surface area contributed by atoms with Gasteiger partial charge in [-0.25, -0.2) is 9.07 Å². The lowest BCUT2D eigenvalue weighted by atomic mass is 10.0. The van der Waals surface area contributed by atoms with Crippen LogP contribution >= 0.6 is 0 Å². The van der Waals surface area contributed by atoms with Crippen molar-refractivity contribution in [3.8, 4) is 11.4 Å². The van der Waals surface area contributed by atoms with Crippen LogP contribution in [-0.4, -0.2) is 22.3 Å². The molecule has 0 aliphatic heterocycles. The summed E-state index contributed by atoms with van der Waals surface area (Å²) >= 11 is 0. The third kappa shape index (κ3) is 4.96. The van der Waals surface area contributed by atoms with Crippen molar-refractivity contribution < 1.29 is 22.7 Å². The van der Waals surface area contributed by atoms with Gasteiger partial charge in [-0.15, -0.1) is 0 Å². The number of ether oxygens (including phenoxy) is 1. The molecule has 1 amide bonds. The molecule has 0 aliphatic rings. The van der Waals surface area contributed by atoms with E-state index < -0.39 is 6.61 Å². The van der Waals surface area contributed by atoms with Crippen molar-refractivity contribution in [1.82, 2.24) is 15.1 Å². The van der Waals surface area contributed by atoms with Gasteiger partial charge in [-0.3, -0.25) is 4.79 Å². The molecule has 8 heteroatoms. The van der Waals surface area contributed by atoms with Crippen molar-refractivity contribution in [3.63, 3.8) is 0 Å². The van der Waals surface area contributed by atoms with Gasteiger partial charge in [-0.05, 0) is 47.9 Å². The van der Waals surface area contributed by atoms with Gasteiger partial charge in [0.05, 0.1) is 23.1 Å². The zero-order chi connectivity index (χ0) is 21.0. The molecule has 1 aromatic heterocycles. The minimum Gasteiger partial charge on any atom is -0.435 e. The Bertz CT molecular complexity index is 968. The van der Waals surface area contributed by atoms with Gasteiger partial charge in [0, 0.05) is 6.54 Å². The summed E-state index contributed by atoms with van der Waals surface area (Å²) in [5.41, 5.74) is 2.51. The molecule has 0 aliphatic carbocycles. The van der Waals surface area contributed by atoms with Crippen LogP contribution < -0.4 is 10.1 Å². The number of alkyl halides is 2. The fourth-order valence-electron chi connectivity index (χ4n) is 2.94. The predicted octanol–water partition coefficient (Wildman–Crippen LogP) is 4.67. The average molecular weight is 403 g/mol. The normalized spacial score (nSPS) is 11.1. The third-order valence-corrected chi connectivity index (χ3v) is 4.27. The standard InChI is InChI=1S/C21H20F3N3O2/c1-13(2)19-18(12-26-27(19)16-7-5-15(22)6-8-16)20(28)25-11-14-3-9-17(10-4-14)29-21(23)24/h3-10,12-13,21H,11H2,1-2H3,(H,25,28). The quantitative estimate of drug-likeness (QED) is 0.624. The summed E-state index contributed by atoms with van der Waals surface area (Å²) in [4.78, 5) is 12.7. The lowest BCUT2D eigenvalue weighted by molar-refractivity contribution is -0.0498. The first kappa shape index (κ1) is 20.4. The molecule has 0 bridgehead atoms. The first-order valence-corrected chi connectivity index (χ1v) is 9.01. The molecule has 1 heterocycles. The summed E-state index contributed by atoms with van der Waals surface area (Å²) in [6, 6.07) is 11.9. The van der Waals surface area contributed by atoms with Crippen molar-refractivity contribution in [3.05, 3.63) is 77.4 Å². The summed E-state index contributed by atoms with van der Waals surface area (Å²) in [6.07, 6.45) is 1.48. The second-order valence-electron chi connectivity index (χ2n) is 6.69. The molecule has 0 spiro atoms. The Morgan fingerprint density at radius 2 is 1.76 bits per heavy atom. The van der Waals surface area contributed by atoms with Crippen molar-refractivity contribution in [2.45, 2.75) is 32.9 Å². The fraction of sp³-hybridized carbons (Fsp3) is 0.238. The summed E-state index contributed by atoms with van der Waals surface area (Å²) in [6.45, 7) is 1.21. The van der Waals surface area contributed by atoms with Crippen LogP contribution in [0.15, 0.2) is 54.7 Å². The molecule has 3 rings (SSSR count). The van der Waals surface area contributed by atoms with Gasteiger partial charge in [0.25, 0.3) is 5.91 Å². The number of halogens is 3. The highest BCUT2D eigenvalue weighted by Crippen LogP contribution is 2.23. The van der Waals surface area contributed by atoms with Gasteiger partial charge in [0.15, 0.2) is 0 Å². The van der Waals surface area contributed by atoms with E-state index >= 15 is 0 Å². The van der Waals surface area contributed by atoms with E-state index in [0.717, 1.165) is 5.56 Å². The molecule has 3 aromatic rings. The van der Waals surface area contributed by atoms with Gasteiger partial charge < -0.3 is 10.1 Å². The topological polar surface area (TPSA) is 56.1 Å². The summed E-state index contributed by atoms with van der Waals surface area (Å²) < 4.78 is 43.5. The maximum atomic E-state index is 13.2. The smallest absolute Gasteiger partial charge is 0.387 e. The third-order valence-electron chi connectivity index (χ3n) is 4.27. The maximum Gasteiger partial charge on any atom is 0.387 e. The molecule has 152 valence electrons. The first-order valence-electron chi connectivity index (χ1n) is 9.01. The number of rotatable bonds is 7. The number of aromatic nitrogens is 2. The highest BCUT2D eigenvalue weighted by atomic mass is 19.3. The van der Waals surface area contributed by atoms with E-state index in [0.29, 0.717) is 16.9 Å². The summed E-state index contributed by atoms with van der Waals surface area (Å²) in [7, 11) is 0. The summed E-state index contributed by atoms with van der Waals surface area (Å²) in [5.74, 6) is -0.614. The van der Waals surface area contributed by atoms with Gasteiger partial charge in [0.2, 0.25) is 0 Å². The van der Waals surface area contributed by atoms with Crippen molar-refractivity contribution in [2.24, 2.45) is 0 Å². The molecule has 5 nitrogen and oxygen atoms in total. The second kappa shape index (κ2) is 8.81. The lowest BCUT2D eigenvalue weighted by Crippen LogP contribution is -2.24. The van der Waals surface area contributed by atoms with Crippen LogP contribution in [0.4, 0.5) is 13.2 Å². The Hall–Kier alpha value is -3.29.